The van der Waals surface area contributed by atoms with Crippen LogP contribution in [0, 0.1) is 5.92 Å². The van der Waals surface area contributed by atoms with Crippen molar-refractivity contribution in [2.45, 2.75) is 38.8 Å². The van der Waals surface area contributed by atoms with Gasteiger partial charge in [-0.1, -0.05) is 12.1 Å². The van der Waals surface area contributed by atoms with Gasteiger partial charge >= 0.3 is 0 Å². The van der Waals surface area contributed by atoms with E-state index in [1.165, 1.54) is 18.3 Å². The molecule has 0 spiro atoms. The molecule has 3 saturated heterocycles. The average molecular weight is 385 g/mol. The van der Waals surface area contributed by atoms with Crippen LogP contribution in [-0.2, 0) is 4.79 Å². The van der Waals surface area contributed by atoms with Crippen LogP contribution >= 0.6 is 11.3 Å². The van der Waals surface area contributed by atoms with E-state index in [4.69, 9.17) is 0 Å². The summed E-state index contributed by atoms with van der Waals surface area (Å²) in [5.74, 6) is 0.376. The lowest BCUT2D eigenvalue weighted by Gasteiger charge is -2.49. The second kappa shape index (κ2) is 7.40. The minimum Gasteiger partial charge on any atom is -0.345 e. The molecule has 142 valence electrons. The van der Waals surface area contributed by atoms with E-state index >= 15 is 0 Å². The molecule has 2 atom stereocenters. The standard InChI is InChI=1S/C20H24N4O2S/c1-12-18(14-6-8-24(12)9-7-14)23-19(26)20-21-11-17(27-20)15-4-3-5-16(10-15)22-13(2)25/h3-5,10-12,14,18H,6-9H2,1-2H3,(H,22,25)(H,23,26). The highest BCUT2D eigenvalue weighted by Gasteiger charge is 2.40. The zero-order valence-electron chi connectivity index (χ0n) is 15.6. The van der Waals surface area contributed by atoms with Gasteiger partial charge in [0.2, 0.25) is 5.91 Å². The van der Waals surface area contributed by atoms with Gasteiger partial charge in [-0.2, -0.15) is 0 Å². The Kier molecular flexibility index (Phi) is 4.97. The number of fused-ring (bicyclic) bond motifs is 3. The van der Waals surface area contributed by atoms with Gasteiger partial charge in [-0.15, -0.1) is 11.3 Å². The smallest absolute Gasteiger partial charge is 0.280 e. The maximum Gasteiger partial charge on any atom is 0.280 e. The van der Waals surface area contributed by atoms with Crippen molar-refractivity contribution in [3.8, 4) is 10.4 Å². The van der Waals surface area contributed by atoms with Crippen LogP contribution in [0.15, 0.2) is 30.5 Å². The van der Waals surface area contributed by atoms with Crippen molar-refractivity contribution < 1.29 is 9.59 Å². The van der Waals surface area contributed by atoms with Gasteiger partial charge in [-0.05, 0) is 56.5 Å². The zero-order valence-corrected chi connectivity index (χ0v) is 16.4. The van der Waals surface area contributed by atoms with Crippen molar-refractivity contribution in [3.05, 3.63) is 35.5 Å². The van der Waals surface area contributed by atoms with E-state index in [1.807, 2.05) is 24.3 Å². The van der Waals surface area contributed by atoms with E-state index in [0.29, 0.717) is 17.0 Å². The summed E-state index contributed by atoms with van der Waals surface area (Å²) in [6.07, 6.45) is 4.05. The molecule has 2 unspecified atom stereocenters. The molecule has 3 aliphatic rings. The van der Waals surface area contributed by atoms with Crippen LogP contribution in [0.5, 0.6) is 0 Å². The Morgan fingerprint density at radius 3 is 2.74 bits per heavy atom. The number of thiazole rings is 1. The molecule has 0 radical (unpaired) electrons. The molecule has 27 heavy (non-hydrogen) atoms. The molecule has 3 fully saturated rings. The summed E-state index contributed by atoms with van der Waals surface area (Å²) < 4.78 is 0. The number of hydrogen-bond acceptors (Lipinski definition) is 5. The molecule has 6 nitrogen and oxygen atoms in total. The fourth-order valence-corrected chi connectivity index (χ4v) is 5.04. The number of anilines is 1. The molecular weight excluding hydrogens is 360 g/mol. The first-order valence-corrected chi connectivity index (χ1v) is 10.2. The number of rotatable bonds is 4. The molecule has 0 aliphatic carbocycles. The normalized spacial score (nSPS) is 26.6. The molecule has 2 amide bonds. The van der Waals surface area contributed by atoms with Gasteiger partial charge in [0.25, 0.3) is 5.91 Å². The van der Waals surface area contributed by atoms with Crippen molar-refractivity contribution in [1.82, 2.24) is 15.2 Å². The average Bonchev–Trinajstić information content (AvgIpc) is 3.15. The highest BCUT2D eigenvalue weighted by Crippen LogP contribution is 2.33. The number of benzene rings is 1. The van der Waals surface area contributed by atoms with Crippen molar-refractivity contribution >= 4 is 28.8 Å². The number of hydrogen-bond donors (Lipinski definition) is 2. The van der Waals surface area contributed by atoms with Gasteiger partial charge in [-0.3, -0.25) is 14.5 Å². The molecule has 1 aromatic heterocycles. The van der Waals surface area contributed by atoms with Crippen LogP contribution in [0.1, 0.15) is 36.5 Å². The van der Waals surface area contributed by atoms with Crippen LogP contribution < -0.4 is 10.6 Å². The number of carbonyl (C=O) groups is 2. The highest BCUT2D eigenvalue weighted by atomic mass is 32.1. The summed E-state index contributed by atoms with van der Waals surface area (Å²) in [4.78, 5) is 31.7. The molecule has 2 bridgehead atoms. The highest BCUT2D eigenvalue weighted by molar-refractivity contribution is 7.17. The van der Waals surface area contributed by atoms with Crippen molar-refractivity contribution in [3.63, 3.8) is 0 Å². The van der Waals surface area contributed by atoms with Gasteiger partial charge in [0.05, 0.1) is 4.88 Å². The second-order valence-corrected chi connectivity index (χ2v) is 8.44. The molecule has 3 aliphatic heterocycles. The summed E-state index contributed by atoms with van der Waals surface area (Å²) in [6, 6.07) is 8.16. The van der Waals surface area contributed by atoms with Gasteiger partial charge in [0.15, 0.2) is 5.01 Å². The molecular formula is C20H24N4O2S. The summed E-state index contributed by atoms with van der Waals surface area (Å²) in [5.41, 5.74) is 1.68. The SMILES string of the molecule is CC(=O)Nc1cccc(-c2cnc(C(=O)NC3C4CCN(CC4)C3C)s2)c1. The molecule has 4 heterocycles. The maximum atomic E-state index is 12.8. The molecule has 0 saturated carbocycles. The molecule has 7 heteroatoms. The Hall–Kier alpha value is -2.25. The Balaban J connectivity index is 1.48. The predicted molar refractivity (Wildman–Crippen MR) is 107 cm³/mol. The second-order valence-electron chi connectivity index (χ2n) is 7.40. The van der Waals surface area contributed by atoms with Crippen LogP contribution in [0.2, 0.25) is 0 Å². The Bertz CT molecular complexity index is 855. The number of carbonyl (C=O) groups excluding carboxylic acids is 2. The predicted octanol–water partition coefficient (Wildman–Crippen LogP) is 2.98. The van der Waals surface area contributed by atoms with E-state index in [1.54, 1.807) is 6.20 Å². The van der Waals surface area contributed by atoms with E-state index in [-0.39, 0.29) is 17.9 Å². The number of nitrogens with one attached hydrogen (secondary N) is 2. The number of amides is 2. The summed E-state index contributed by atoms with van der Waals surface area (Å²) in [6.45, 7) is 5.98. The molecule has 2 N–H and O–H groups in total. The first kappa shape index (κ1) is 18.1. The van der Waals surface area contributed by atoms with Gasteiger partial charge in [0.1, 0.15) is 0 Å². The quantitative estimate of drug-likeness (QED) is 0.850. The van der Waals surface area contributed by atoms with Crippen LogP contribution in [0.25, 0.3) is 10.4 Å². The molecule has 5 rings (SSSR count). The minimum atomic E-state index is -0.108. The van der Waals surface area contributed by atoms with E-state index in [9.17, 15) is 9.59 Å². The Morgan fingerprint density at radius 2 is 2.04 bits per heavy atom. The lowest BCUT2D eigenvalue weighted by atomic mass is 9.79. The third-order valence-corrected chi connectivity index (χ3v) is 6.69. The molecule has 1 aromatic carbocycles. The first-order chi connectivity index (χ1) is 13.0. The lowest BCUT2D eigenvalue weighted by molar-refractivity contribution is -0.114. The van der Waals surface area contributed by atoms with Crippen molar-refractivity contribution in [2.75, 3.05) is 18.4 Å². The van der Waals surface area contributed by atoms with Gasteiger partial charge < -0.3 is 10.6 Å². The fraction of sp³-hybridized carbons (Fsp3) is 0.450. The molecule has 2 aromatic rings. The van der Waals surface area contributed by atoms with Gasteiger partial charge in [-0.25, -0.2) is 4.98 Å². The maximum absolute atomic E-state index is 12.8. The fourth-order valence-electron chi connectivity index (χ4n) is 4.22. The lowest BCUT2D eigenvalue weighted by Crippen LogP contribution is -2.62. The van der Waals surface area contributed by atoms with Crippen LogP contribution in [-0.4, -0.2) is 46.9 Å². The topological polar surface area (TPSA) is 74.3 Å². The first-order valence-electron chi connectivity index (χ1n) is 9.40. The largest absolute Gasteiger partial charge is 0.345 e. The number of aromatic nitrogens is 1. The van der Waals surface area contributed by atoms with Gasteiger partial charge in [0, 0.05) is 30.9 Å². The zero-order chi connectivity index (χ0) is 19.0. The van der Waals surface area contributed by atoms with E-state index in [0.717, 1.165) is 42.1 Å². The van der Waals surface area contributed by atoms with Crippen molar-refractivity contribution in [2.24, 2.45) is 5.92 Å². The third kappa shape index (κ3) is 3.75. The number of nitrogens with zero attached hydrogens (tertiary/aromatic N) is 2. The Labute approximate surface area is 163 Å². The van der Waals surface area contributed by atoms with E-state index < -0.39 is 0 Å². The number of piperidine rings is 3. The monoisotopic (exact) mass is 384 g/mol. The van der Waals surface area contributed by atoms with Crippen LogP contribution in [0.4, 0.5) is 5.69 Å². The summed E-state index contributed by atoms with van der Waals surface area (Å²) in [5, 5.41) is 6.49. The third-order valence-electron chi connectivity index (χ3n) is 5.64. The minimum absolute atomic E-state index is 0.0881. The summed E-state index contributed by atoms with van der Waals surface area (Å²) >= 11 is 1.38. The summed E-state index contributed by atoms with van der Waals surface area (Å²) in [7, 11) is 0. The van der Waals surface area contributed by atoms with Crippen molar-refractivity contribution in [1.29, 1.82) is 0 Å². The Morgan fingerprint density at radius 1 is 1.26 bits per heavy atom. The van der Waals surface area contributed by atoms with E-state index in [2.05, 4.69) is 27.4 Å². The van der Waals surface area contributed by atoms with Crippen LogP contribution in [0.3, 0.4) is 0 Å².